The number of rotatable bonds is 7. The lowest BCUT2D eigenvalue weighted by atomic mass is 10.3. The van der Waals surface area contributed by atoms with E-state index in [4.69, 9.17) is 10.5 Å². The van der Waals surface area contributed by atoms with Crippen LogP contribution in [0.25, 0.3) is 0 Å². The summed E-state index contributed by atoms with van der Waals surface area (Å²) in [6.07, 6.45) is 0.949. The molecule has 0 saturated carbocycles. The normalized spacial score (nSPS) is 10.8. The van der Waals surface area contributed by atoms with Crippen LogP contribution in [-0.2, 0) is 17.7 Å². The number of methoxy groups -OCH3 is 1. The van der Waals surface area contributed by atoms with E-state index in [1.165, 1.54) is 4.88 Å². The van der Waals surface area contributed by atoms with Crippen LogP contribution in [0, 0.1) is 0 Å². The van der Waals surface area contributed by atoms with E-state index in [9.17, 15) is 0 Å². The molecule has 0 aliphatic carbocycles. The van der Waals surface area contributed by atoms with Crippen molar-refractivity contribution in [2.75, 3.05) is 31.7 Å². The summed E-state index contributed by atoms with van der Waals surface area (Å²) in [6, 6.07) is 0. The second kappa shape index (κ2) is 6.83. The number of anilines is 1. The third kappa shape index (κ3) is 3.17. The zero-order valence-corrected chi connectivity index (χ0v) is 11.1. The van der Waals surface area contributed by atoms with Crippen molar-refractivity contribution < 1.29 is 4.74 Å². The molecule has 0 unspecified atom stereocenters. The first-order chi connectivity index (χ1) is 7.76. The molecule has 1 aromatic rings. The molecule has 1 rings (SSSR count). The maximum absolute atomic E-state index is 5.71. The van der Waals surface area contributed by atoms with Gasteiger partial charge in [-0.1, -0.05) is 6.92 Å². The van der Waals surface area contributed by atoms with Crippen molar-refractivity contribution in [1.29, 1.82) is 0 Å². The maximum atomic E-state index is 5.71. The van der Waals surface area contributed by atoms with E-state index in [-0.39, 0.29) is 0 Å². The fourth-order valence-electron chi connectivity index (χ4n) is 1.53. The first-order valence-electron chi connectivity index (χ1n) is 5.69. The second-order valence-corrected chi connectivity index (χ2v) is 4.56. The Kier molecular flexibility index (Phi) is 5.73. The molecule has 0 spiro atoms. The summed E-state index contributed by atoms with van der Waals surface area (Å²) < 4.78 is 5.10. The van der Waals surface area contributed by atoms with Gasteiger partial charge in [-0.05, 0) is 13.3 Å². The molecule has 4 nitrogen and oxygen atoms in total. The minimum atomic E-state index is 0.586. The number of nitrogens with zero attached hydrogens (tertiary/aromatic N) is 2. The standard InChI is InChI=1S/C11H21N3OS/c1-4-9-10(8-12)16-11(13-9)14(5-2)6-7-15-3/h4-8,12H2,1-3H3. The molecule has 5 heteroatoms. The van der Waals surface area contributed by atoms with Crippen molar-refractivity contribution in [2.24, 2.45) is 5.73 Å². The van der Waals surface area contributed by atoms with E-state index in [1.54, 1.807) is 18.4 Å². The van der Waals surface area contributed by atoms with Crippen LogP contribution in [0.2, 0.25) is 0 Å². The molecule has 0 aromatic carbocycles. The second-order valence-electron chi connectivity index (χ2n) is 3.50. The lowest BCUT2D eigenvalue weighted by Crippen LogP contribution is -2.26. The van der Waals surface area contributed by atoms with Crippen molar-refractivity contribution >= 4 is 16.5 Å². The molecule has 16 heavy (non-hydrogen) atoms. The molecule has 0 aliphatic rings. The average Bonchev–Trinajstić information content (AvgIpc) is 2.73. The van der Waals surface area contributed by atoms with Crippen molar-refractivity contribution in [3.05, 3.63) is 10.6 Å². The summed E-state index contributed by atoms with van der Waals surface area (Å²) >= 11 is 1.70. The minimum absolute atomic E-state index is 0.586. The molecular weight excluding hydrogens is 222 g/mol. The molecule has 0 aliphatic heterocycles. The highest BCUT2D eigenvalue weighted by atomic mass is 32.1. The molecule has 1 heterocycles. The third-order valence-corrected chi connectivity index (χ3v) is 3.69. The van der Waals surface area contributed by atoms with Crippen LogP contribution in [0.4, 0.5) is 5.13 Å². The Labute approximate surface area is 101 Å². The molecule has 1 aromatic heterocycles. The van der Waals surface area contributed by atoms with E-state index < -0.39 is 0 Å². The van der Waals surface area contributed by atoms with Gasteiger partial charge in [0, 0.05) is 31.6 Å². The van der Waals surface area contributed by atoms with Crippen LogP contribution in [0.1, 0.15) is 24.4 Å². The predicted molar refractivity (Wildman–Crippen MR) is 69.1 cm³/mol. The van der Waals surface area contributed by atoms with Gasteiger partial charge in [0.1, 0.15) is 0 Å². The Bertz CT molecular complexity index is 293. The number of likely N-dealkylation sites (N-methyl/N-ethyl adjacent to an activating group) is 1. The van der Waals surface area contributed by atoms with Gasteiger partial charge in [-0.25, -0.2) is 4.98 Å². The first-order valence-corrected chi connectivity index (χ1v) is 6.50. The van der Waals surface area contributed by atoms with E-state index in [0.29, 0.717) is 6.54 Å². The van der Waals surface area contributed by atoms with Crippen molar-refractivity contribution in [3.63, 3.8) is 0 Å². The van der Waals surface area contributed by atoms with Gasteiger partial charge >= 0.3 is 0 Å². The molecule has 0 amide bonds. The fraction of sp³-hybridized carbons (Fsp3) is 0.727. The summed E-state index contributed by atoms with van der Waals surface area (Å²) in [4.78, 5) is 8.06. The van der Waals surface area contributed by atoms with E-state index >= 15 is 0 Å². The van der Waals surface area contributed by atoms with Gasteiger partial charge < -0.3 is 15.4 Å². The zero-order chi connectivity index (χ0) is 12.0. The molecule has 2 N–H and O–H groups in total. The molecule has 0 saturated heterocycles. The van der Waals surface area contributed by atoms with Gasteiger partial charge in [0.15, 0.2) is 5.13 Å². The van der Waals surface area contributed by atoms with Gasteiger partial charge in [0.05, 0.1) is 12.3 Å². The monoisotopic (exact) mass is 243 g/mol. The van der Waals surface area contributed by atoms with Crippen LogP contribution in [0.5, 0.6) is 0 Å². The molecule has 0 fully saturated rings. The maximum Gasteiger partial charge on any atom is 0.185 e. The van der Waals surface area contributed by atoms with E-state index in [1.807, 2.05) is 0 Å². The number of ether oxygens (including phenoxy) is 1. The SMILES string of the molecule is CCc1nc(N(CC)CCOC)sc1CN. The van der Waals surface area contributed by atoms with E-state index in [2.05, 4.69) is 23.7 Å². The Morgan fingerprint density at radius 1 is 1.44 bits per heavy atom. The minimum Gasteiger partial charge on any atom is -0.383 e. The molecular formula is C11H21N3OS. The first kappa shape index (κ1) is 13.4. The van der Waals surface area contributed by atoms with Crippen molar-refractivity contribution in [3.8, 4) is 0 Å². The number of thiazole rings is 1. The molecule has 92 valence electrons. The number of hydrogen-bond donors (Lipinski definition) is 1. The Hall–Kier alpha value is -0.650. The van der Waals surface area contributed by atoms with Crippen LogP contribution >= 0.6 is 11.3 Å². The summed E-state index contributed by atoms with van der Waals surface area (Å²) in [7, 11) is 1.72. The topological polar surface area (TPSA) is 51.4 Å². The predicted octanol–water partition coefficient (Wildman–Crippen LogP) is 1.64. The highest BCUT2D eigenvalue weighted by molar-refractivity contribution is 7.15. The number of aromatic nitrogens is 1. The van der Waals surface area contributed by atoms with Gasteiger partial charge in [-0.2, -0.15) is 0 Å². The lowest BCUT2D eigenvalue weighted by molar-refractivity contribution is 0.205. The van der Waals surface area contributed by atoms with Crippen molar-refractivity contribution in [2.45, 2.75) is 26.8 Å². The Morgan fingerprint density at radius 2 is 2.19 bits per heavy atom. The highest BCUT2D eigenvalue weighted by Gasteiger charge is 2.13. The molecule has 0 atom stereocenters. The fourth-order valence-corrected chi connectivity index (χ4v) is 2.65. The van der Waals surface area contributed by atoms with Crippen molar-refractivity contribution in [1.82, 2.24) is 4.98 Å². The lowest BCUT2D eigenvalue weighted by Gasteiger charge is -2.18. The smallest absolute Gasteiger partial charge is 0.185 e. The Morgan fingerprint density at radius 3 is 2.62 bits per heavy atom. The van der Waals surface area contributed by atoms with Crippen LogP contribution in [0.3, 0.4) is 0 Å². The summed E-state index contributed by atoms with van der Waals surface area (Å²) in [5, 5.41) is 1.07. The average molecular weight is 243 g/mol. The highest BCUT2D eigenvalue weighted by Crippen LogP contribution is 2.26. The quantitative estimate of drug-likeness (QED) is 0.791. The largest absolute Gasteiger partial charge is 0.383 e. The summed E-state index contributed by atoms with van der Waals surface area (Å²) in [5.41, 5.74) is 6.85. The van der Waals surface area contributed by atoms with Gasteiger partial charge in [-0.15, -0.1) is 11.3 Å². The van der Waals surface area contributed by atoms with Crippen LogP contribution < -0.4 is 10.6 Å². The van der Waals surface area contributed by atoms with Gasteiger partial charge in [0.2, 0.25) is 0 Å². The van der Waals surface area contributed by atoms with E-state index in [0.717, 1.165) is 36.9 Å². The van der Waals surface area contributed by atoms with Crippen LogP contribution in [-0.4, -0.2) is 31.8 Å². The summed E-state index contributed by atoms with van der Waals surface area (Å²) in [5.74, 6) is 0. The number of nitrogens with two attached hydrogens (primary N) is 1. The number of aryl methyl sites for hydroxylation is 1. The Balaban J connectivity index is 2.79. The number of hydrogen-bond acceptors (Lipinski definition) is 5. The van der Waals surface area contributed by atoms with Crippen LogP contribution in [0.15, 0.2) is 0 Å². The molecule has 0 radical (unpaired) electrons. The van der Waals surface area contributed by atoms with Gasteiger partial charge in [0.25, 0.3) is 0 Å². The third-order valence-electron chi connectivity index (χ3n) is 2.50. The van der Waals surface area contributed by atoms with Gasteiger partial charge in [-0.3, -0.25) is 0 Å². The molecule has 0 bridgehead atoms. The zero-order valence-electron chi connectivity index (χ0n) is 10.3. The summed E-state index contributed by atoms with van der Waals surface area (Å²) in [6.45, 7) is 7.39.